The molecule has 104 valence electrons. The standard InChI is InChI=1S/C14H18F2N2O/c1-9(10-4-6-17-7-5-10)18-14(19)12-8-11(15)2-3-13(12)16/h2-3,8-10,17H,4-7H2,1H3,(H,18,19). The van der Waals surface area contributed by atoms with Gasteiger partial charge < -0.3 is 10.6 Å². The fraction of sp³-hybridized carbons (Fsp3) is 0.500. The van der Waals surface area contributed by atoms with Crippen molar-refractivity contribution >= 4 is 5.91 Å². The highest BCUT2D eigenvalue weighted by molar-refractivity contribution is 5.94. The molecule has 1 heterocycles. The summed E-state index contributed by atoms with van der Waals surface area (Å²) in [5, 5.41) is 6.01. The Labute approximate surface area is 111 Å². The van der Waals surface area contributed by atoms with Crippen LogP contribution in [0.5, 0.6) is 0 Å². The van der Waals surface area contributed by atoms with Crippen LogP contribution in [0.1, 0.15) is 30.1 Å². The molecular weight excluding hydrogens is 250 g/mol. The van der Waals surface area contributed by atoms with Gasteiger partial charge in [-0.2, -0.15) is 0 Å². The molecule has 1 aromatic carbocycles. The molecule has 1 aliphatic rings. The average Bonchev–Trinajstić information content (AvgIpc) is 2.42. The van der Waals surface area contributed by atoms with Gasteiger partial charge in [-0.1, -0.05) is 0 Å². The van der Waals surface area contributed by atoms with Crippen LogP contribution in [0.15, 0.2) is 18.2 Å². The van der Waals surface area contributed by atoms with E-state index in [-0.39, 0.29) is 11.6 Å². The van der Waals surface area contributed by atoms with E-state index < -0.39 is 17.5 Å². The van der Waals surface area contributed by atoms with Gasteiger partial charge in [-0.15, -0.1) is 0 Å². The average molecular weight is 268 g/mol. The number of halogens is 2. The summed E-state index contributed by atoms with van der Waals surface area (Å²) >= 11 is 0. The van der Waals surface area contributed by atoms with Crippen molar-refractivity contribution in [2.24, 2.45) is 5.92 Å². The zero-order valence-electron chi connectivity index (χ0n) is 10.9. The quantitative estimate of drug-likeness (QED) is 0.881. The van der Waals surface area contributed by atoms with Gasteiger partial charge in [0.05, 0.1) is 5.56 Å². The Hall–Kier alpha value is -1.49. The third kappa shape index (κ3) is 3.50. The molecule has 1 amide bonds. The number of nitrogens with one attached hydrogen (secondary N) is 2. The second-order valence-electron chi connectivity index (χ2n) is 4.97. The fourth-order valence-corrected chi connectivity index (χ4v) is 2.42. The van der Waals surface area contributed by atoms with Crippen LogP contribution in [0.4, 0.5) is 8.78 Å². The SMILES string of the molecule is CC(NC(=O)c1cc(F)ccc1F)C1CCNCC1. The summed E-state index contributed by atoms with van der Waals surface area (Å²) in [6, 6.07) is 2.86. The molecular formula is C14H18F2N2O. The Morgan fingerprint density at radius 2 is 2.05 bits per heavy atom. The maximum atomic E-state index is 13.5. The smallest absolute Gasteiger partial charge is 0.254 e. The molecule has 1 saturated heterocycles. The maximum Gasteiger partial charge on any atom is 0.254 e. The lowest BCUT2D eigenvalue weighted by atomic mass is 9.91. The van der Waals surface area contributed by atoms with Gasteiger partial charge in [0.25, 0.3) is 5.91 Å². The van der Waals surface area contributed by atoms with Crippen LogP contribution in [-0.2, 0) is 0 Å². The first kappa shape index (κ1) is 13.9. The Morgan fingerprint density at radius 3 is 2.74 bits per heavy atom. The number of benzene rings is 1. The van der Waals surface area contributed by atoms with E-state index in [0.717, 1.165) is 44.1 Å². The summed E-state index contributed by atoms with van der Waals surface area (Å²) in [5.74, 6) is -1.48. The van der Waals surface area contributed by atoms with Gasteiger partial charge in [0.2, 0.25) is 0 Å². The summed E-state index contributed by atoms with van der Waals surface area (Å²) in [7, 11) is 0. The molecule has 19 heavy (non-hydrogen) atoms. The van der Waals surface area contributed by atoms with E-state index in [4.69, 9.17) is 0 Å². The highest BCUT2D eigenvalue weighted by atomic mass is 19.1. The summed E-state index contributed by atoms with van der Waals surface area (Å²) in [5.41, 5.74) is -0.235. The molecule has 1 atom stereocenters. The van der Waals surface area contributed by atoms with E-state index in [2.05, 4.69) is 10.6 Å². The zero-order chi connectivity index (χ0) is 13.8. The maximum absolute atomic E-state index is 13.5. The molecule has 2 N–H and O–H groups in total. The molecule has 0 spiro atoms. The molecule has 1 unspecified atom stereocenters. The van der Waals surface area contributed by atoms with E-state index in [1.165, 1.54) is 0 Å². The van der Waals surface area contributed by atoms with Crippen LogP contribution in [-0.4, -0.2) is 25.0 Å². The number of hydrogen-bond donors (Lipinski definition) is 2. The lowest BCUT2D eigenvalue weighted by Crippen LogP contribution is -2.42. The predicted octanol–water partition coefficient (Wildman–Crippen LogP) is 2.08. The largest absolute Gasteiger partial charge is 0.349 e. The van der Waals surface area contributed by atoms with Crippen molar-refractivity contribution in [1.29, 1.82) is 0 Å². The van der Waals surface area contributed by atoms with Gasteiger partial charge in [0.15, 0.2) is 0 Å². The Bertz CT molecular complexity index is 459. The normalized spacial score (nSPS) is 18.1. The minimum Gasteiger partial charge on any atom is -0.349 e. The molecule has 0 aromatic heterocycles. The van der Waals surface area contributed by atoms with E-state index in [9.17, 15) is 13.6 Å². The number of hydrogen-bond acceptors (Lipinski definition) is 2. The van der Waals surface area contributed by atoms with E-state index in [0.29, 0.717) is 5.92 Å². The van der Waals surface area contributed by atoms with Crippen LogP contribution in [0.2, 0.25) is 0 Å². The van der Waals surface area contributed by atoms with Gasteiger partial charge in [-0.25, -0.2) is 8.78 Å². The van der Waals surface area contributed by atoms with Gasteiger partial charge in [-0.3, -0.25) is 4.79 Å². The number of rotatable bonds is 3. The monoisotopic (exact) mass is 268 g/mol. The van der Waals surface area contributed by atoms with Crippen LogP contribution in [0, 0.1) is 17.6 Å². The Kier molecular flexibility index (Phi) is 4.47. The first-order valence-corrected chi connectivity index (χ1v) is 6.54. The highest BCUT2D eigenvalue weighted by Gasteiger charge is 2.22. The van der Waals surface area contributed by atoms with Crippen molar-refractivity contribution in [3.63, 3.8) is 0 Å². The van der Waals surface area contributed by atoms with Crippen molar-refractivity contribution in [3.05, 3.63) is 35.4 Å². The third-order valence-corrected chi connectivity index (χ3v) is 3.62. The lowest BCUT2D eigenvalue weighted by molar-refractivity contribution is 0.0916. The Balaban J connectivity index is 2.01. The molecule has 3 nitrogen and oxygen atoms in total. The second kappa shape index (κ2) is 6.10. The predicted molar refractivity (Wildman–Crippen MR) is 68.9 cm³/mol. The highest BCUT2D eigenvalue weighted by Crippen LogP contribution is 2.17. The molecule has 0 saturated carbocycles. The number of carbonyl (C=O) groups excluding carboxylic acids is 1. The van der Waals surface area contributed by atoms with Crippen LogP contribution >= 0.6 is 0 Å². The van der Waals surface area contributed by atoms with Crippen molar-refractivity contribution in [2.75, 3.05) is 13.1 Å². The summed E-state index contributed by atoms with van der Waals surface area (Å²) < 4.78 is 26.5. The Morgan fingerprint density at radius 1 is 1.37 bits per heavy atom. The molecule has 0 bridgehead atoms. The number of carbonyl (C=O) groups is 1. The van der Waals surface area contributed by atoms with Crippen LogP contribution in [0.3, 0.4) is 0 Å². The van der Waals surface area contributed by atoms with Gasteiger partial charge in [0, 0.05) is 6.04 Å². The lowest BCUT2D eigenvalue weighted by Gasteiger charge is -2.28. The topological polar surface area (TPSA) is 41.1 Å². The summed E-state index contributed by atoms with van der Waals surface area (Å²) in [6.45, 7) is 3.77. The molecule has 2 rings (SSSR count). The number of piperidine rings is 1. The number of amides is 1. The summed E-state index contributed by atoms with van der Waals surface area (Å²) in [6.07, 6.45) is 1.96. The van der Waals surface area contributed by atoms with Crippen molar-refractivity contribution < 1.29 is 13.6 Å². The van der Waals surface area contributed by atoms with Gasteiger partial charge in [0.1, 0.15) is 11.6 Å². The van der Waals surface area contributed by atoms with Gasteiger partial charge >= 0.3 is 0 Å². The zero-order valence-corrected chi connectivity index (χ0v) is 10.9. The van der Waals surface area contributed by atoms with Gasteiger partial charge in [-0.05, 0) is 57.0 Å². The first-order valence-electron chi connectivity index (χ1n) is 6.54. The molecule has 0 aliphatic carbocycles. The molecule has 1 aliphatic heterocycles. The van der Waals surface area contributed by atoms with Crippen LogP contribution < -0.4 is 10.6 Å². The van der Waals surface area contributed by atoms with E-state index >= 15 is 0 Å². The fourth-order valence-electron chi connectivity index (χ4n) is 2.42. The van der Waals surface area contributed by atoms with Crippen LogP contribution in [0.25, 0.3) is 0 Å². The molecule has 5 heteroatoms. The van der Waals surface area contributed by atoms with E-state index in [1.54, 1.807) is 0 Å². The second-order valence-corrected chi connectivity index (χ2v) is 4.97. The van der Waals surface area contributed by atoms with Crippen molar-refractivity contribution in [1.82, 2.24) is 10.6 Å². The minimum atomic E-state index is -0.698. The van der Waals surface area contributed by atoms with Crippen molar-refractivity contribution in [3.8, 4) is 0 Å². The molecule has 1 aromatic rings. The first-order chi connectivity index (χ1) is 9.08. The summed E-state index contributed by atoms with van der Waals surface area (Å²) in [4.78, 5) is 11.9. The van der Waals surface area contributed by atoms with E-state index in [1.807, 2.05) is 6.92 Å². The third-order valence-electron chi connectivity index (χ3n) is 3.62. The molecule has 1 fully saturated rings. The van der Waals surface area contributed by atoms with Crippen molar-refractivity contribution in [2.45, 2.75) is 25.8 Å². The molecule has 0 radical (unpaired) electrons. The minimum absolute atomic E-state index is 0.0442.